The molecule has 1 N–H and O–H groups in total. The molecule has 0 saturated heterocycles. The van der Waals surface area contributed by atoms with E-state index in [1.807, 2.05) is 6.92 Å². The molecule has 0 radical (unpaired) electrons. The van der Waals surface area contributed by atoms with Crippen molar-refractivity contribution in [3.63, 3.8) is 0 Å². The molecular formula is C8H13ClN2O2. The van der Waals surface area contributed by atoms with E-state index in [0.29, 0.717) is 12.5 Å². The van der Waals surface area contributed by atoms with E-state index in [1.54, 1.807) is 14.1 Å². The van der Waals surface area contributed by atoms with Gasteiger partial charge in [0.15, 0.2) is 5.88 Å². The Hall–Kier alpha value is -1.03. The molecule has 0 fully saturated rings. The Bertz CT molecular complexity index is 236. The van der Waals surface area contributed by atoms with Gasteiger partial charge >= 0.3 is 0 Å². The van der Waals surface area contributed by atoms with Crippen molar-refractivity contribution in [1.82, 2.24) is 5.32 Å². The van der Waals surface area contributed by atoms with E-state index in [0.717, 1.165) is 0 Å². The molecule has 0 aromatic heterocycles. The molecule has 0 aliphatic rings. The van der Waals surface area contributed by atoms with Crippen molar-refractivity contribution in [2.45, 2.75) is 6.92 Å². The molecule has 0 amide bonds. The average molecular weight is 205 g/mol. The van der Waals surface area contributed by atoms with E-state index in [2.05, 4.69) is 10.3 Å². The number of allylic oxidation sites excluding steroid dienone is 1. The second-order valence-electron chi connectivity index (χ2n) is 2.09. The second kappa shape index (κ2) is 6.48. The highest BCUT2D eigenvalue weighted by Gasteiger charge is 2.10. The third-order valence-corrected chi connectivity index (χ3v) is 1.43. The van der Waals surface area contributed by atoms with Gasteiger partial charge in [-0.05, 0) is 18.5 Å². The van der Waals surface area contributed by atoms with Gasteiger partial charge in [0.1, 0.15) is 5.57 Å². The van der Waals surface area contributed by atoms with Crippen LogP contribution in [-0.4, -0.2) is 32.2 Å². The van der Waals surface area contributed by atoms with E-state index < -0.39 is 5.24 Å². The monoisotopic (exact) mass is 204 g/mol. The van der Waals surface area contributed by atoms with E-state index in [1.165, 1.54) is 6.21 Å². The van der Waals surface area contributed by atoms with E-state index in [-0.39, 0.29) is 5.57 Å². The highest BCUT2D eigenvalue weighted by molar-refractivity contribution is 6.70. The maximum atomic E-state index is 10.9. The number of nitrogens with one attached hydrogen (secondary N) is 1. The summed E-state index contributed by atoms with van der Waals surface area (Å²) >= 11 is 5.32. The fraction of sp³-hybridized carbons (Fsp3) is 0.500. The smallest absolute Gasteiger partial charge is 0.259 e. The van der Waals surface area contributed by atoms with Gasteiger partial charge in [-0.2, -0.15) is 0 Å². The van der Waals surface area contributed by atoms with E-state index >= 15 is 0 Å². The minimum absolute atomic E-state index is 0.230. The molecule has 0 bridgehead atoms. The first-order valence-electron chi connectivity index (χ1n) is 3.84. The van der Waals surface area contributed by atoms with Crippen LogP contribution in [0.3, 0.4) is 0 Å². The fourth-order valence-corrected chi connectivity index (χ4v) is 0.891. The Labute approximate surface area is 82.6 Å². The van der Waals surface area contributed by atoms with Gasteiger partial charge in [0.2, 0.25) is 0 Å². The van der Waals surface area contributed by atoms with Crippen molar-refractivity contribution < 1.29 is 9.53 Å². The maximum Gasteiger partial charge on any atom is 0.259 e. The van der Waals surface area contributed by atoms with Crippen LogP contribution in [-0.2, 0) is 9.53 Å². The lowest BCUT2D eigenvalue weighted by molar-refractivity contribution is -0.108. The lowest BCUT2D eigenvalue weighted by atomic mass is 10.3. The van der Waals surface area contributed by atoms with Gasteiger partial charge in [-0.1, -0.05) is 0 Å². The lowest BCUT2D eigenvalue weighted by Gasteiger charge is -2.09. The summed E-state index contributed by atoms with van der Waals surface area (Å²) in [5, 5.41) is 2.14. The fourth-order valence-electron chi connectivity index (χ4n) is 0.757. The Morgan fingerprint density at radius 2 is 2.31 bits per heavy atom. The zero-order valence-electron chi connectivity index (χ0n) is 7.93. The molecule has 0 heterocycles. The molecule has 0 aliphatic carbocycles. The molecular weight excluding hydrogens is 192 g/mol. The highest BCUT2D eigenvalue weighted by atomic mass is 35.5. The molecule has 0 atom stereocenters. The number of nitrogens with zero attached hydrogens (tertiary/aromatic N) is 1. The summed E-state index contributed by atoms with van der Waals surface area (Å²) < 4.78 is 5.14. The molecule has 0 aromatic rings. The SMILES string of the molecule is CCO/C(NC)=C(/C=NC)C(=O)Cl. The molecule has 0 unspecified atom stereocenters. The van der Waals surface area contributed by atoms with Gasteiger partial charge in [0.25, 0.3) is 5.24 Å². The van der Waals surface area contributed by atoms with Crippen LogP contribution >= 0.6 is 11.6 Å². The average Bonchev–Trinajstić information content (AvgIpc) is 2.10. The first kappa shape index (κ1) is 12.0. The number of aliphatic imine (C=N–C) groups is 1. The summed E-state index contributed by atoms with van der Waals surface area (Å²) in [6.45, 7) is 2.28. The van der Waals surface area contributed by atoms with Crippen LogP contribution in [0.5, 0.6) is 0 Å². The first-order chi connectivity index (χ1) is 6.17. The summed E-state index contributed by atoms with van der Waals surface area (Å²) in [6.07, 6.45) is 1.36. The van der Waals surface area contributed by atoms with Crippen LogP contribution < -0.4 is 5.32 Å². The summed E-state index contributed by atoms with van der Waals surface area (Å²) in [5.74, 6) is 0.341. The number of rotatable bonds is 5. The van der Waals surface area contributed by atoms with Crippen molar-refractivity contribution in [3.8, 4) is 0 Å². The molecule has 5 heteroatoms. The number of carbonyl (C=O) groups is 1. The van der Waals surface area contributed by atoms with Crippen LogP contribution in [0.25, 0.3) is 0 Å². The van der Waals surface area contributed by atoms with Gasteiger partial charge in [0.05, 0.1) is 6.61 Å². The van der Waals surface area contributed by atoms with Gasteiger partial charge in [-0.25, -0.2) is 0 Å². The van der Waals surface area contributed by atoms with Gasteiger partial charge in [-0.3, -0.25) is 9.79 Å². The lowest BCUT2D eigenvalue weighted by Crippen LogP contribution is -2.16. The topological polar surface area (TPSA) is 50.7 Å². The Morgan fingerprint density at radius 1 is 1.69 bits per heavy atom. The van der Waals surface area contributed by atoms with Gasteiger partial charge < -0.3 is 10.1 Å². The normalized spacial score (nSPS) is 12.6. The van der Waals surface area contributed by atoms with Crippen molar-refractivity contribution >= 4 is 23.1 Å². The summed E-state index contributed by atoms with van der Waals surface area (Å²) in [7, 11) is 3.20. The van der Waals surface area contributed by atoms with Crippen LogP contribution in [0.15, 0.2) is 16.4 Å². The Morgan fingerprint density at radius 3 is 2.62 bits per heavy atom. The molecule has 0 spiro atoms. The van der Waals surface area contributed by atoms with Crippen LogP contribution in [0.2, 0.25) is 0 Å². The summed E-state index contributed by atoms with van der Waals surface area (Å²) in [5.41, 5.74) is 0.230. The van der Waals surface area contributed by atoms with Crippen LogP contribution in [0, 0.1) is 0 Å². The minimum Gasteiger partial charge on any atom is -0.479 e. The largest absolute Gasteiger partial charge is 0.479 e. The van der Waals surface area contributed by atoms with E-state index in [9.17, 15) is 4.79 Å². The van der Waals surface area contributed by atoms with Crippen molar-refractivity contribution in [3.05, 3.63) is 11.5 Å². The number of ether oxygens (including phenoxy) is 1. The Balaban J connectivity index is 4.88. The third-order valence-electron chi connectivity index (χ3n) is 1.23. The predicted molar refractivity (Wildman–Crippen MR) is 53.0 cm³/mol. The van der Waals surface area contributed by atoms with Crippen molar-refractivity contribution in [1.29, 1.82) is 0 Å². The summed E-state index contributed by atoms with van der Waals surface area (Å²) in [4.78, 5) is 14.6. The van der Waals surface area contributed by atoms with Gasteiger partial charge in [-0.15, -0.1) is 0 Å². The quantitative estimate of drug-likeness (QED) is 0.314. The molecule has 4 nitrogen and oxygen atoms in total. The van der Waals surface area contributed by atoms with Crippen LogP contribution in [0.4, 0.5) is 0 Å². The second-order valence-corrected chi connectivity index (χ2v) is 2.43. The minimum atomic E-state index is -0.594. The standard InChI is InChI=1S/C8H13ClN2O2/c1-4-13-8(11-3)6(5-10-2)7(9)12/h5,11H,4H2,1-3H3/b8-6-,10-5?. The number of hydrogen-bond donors (Lipinski definition) is 1. The third kappa shape index (κ3) is 3.94. The first-order valence-corrected chi connectivity index (χ1v) is 4.22. The van der Waals surface area contributed by atoms with Crippen LogP contribution in [0.1, 0.15) is 6.92 Å². The number of carbonyl (C=O) groups excluding carboxylic acids is 1. The molecule has 0 aromatic carbocycles. The molecule has 0 rings (SSSR count). The zero-order chi connectivity index (χ0) is 10.3. The molecule has 0 aliphatic heterocycles. The molecule has 13 heavy (non-hydrogen) atoms. The van der Waals surface area contributed by atoms with Gasteiger partial charge in [0, 0.05) is 20.3 Å². The zero-order valence-corrected chi connectivity index (χ0v) is 8.68. The van der Waals surface area contributed by atoms with E-state index in [4.69, 9.17) is 16.3 Å². The summed E-state index contributed by atoms with van der Waals surface area (Å²) in [6, 6.07) is 0. The highest BCUT2D eigenvalue weighted by Crippen LogP contribution is 2.04. The number of hydrogen-bond acceptors (Lipinski definition) is 4. The number of halogens is 1. The molecule has 74 valence electrons. The van der Waals surface area contributed by atoms with Crippen molar-refractivity contribution in [2.24, 2.45) is 4.99 Å². The molecule has 0 saturated carbocycles. The predicted octanol–water partition coefficient (Wildman–Crippen LogP) is 0.920. The van der Waals surface area contributed by atoms with Crippen molar-refractivity contribution in [2.75, 3.05) is 20.7 Å². The Kier molecular flexibility index (Phi) is 5.97. The maximum absolute atomic E-state index is 10.9.